The van der Waals surface area contributed by atoms with Crippen LogP contribution in [0.25, 0.3) is 0 Å². The number of carboxylic acids is 1. The van der Waals surface area contributed by atoms with Crippen LogP contribution in [-0.4, -0.2) is 26.9 Å². The number of nitrogens with zero attached hydrogens (tertiary/aromatic N) is 2. The molecule has 0 radical (unpaired) electrons. The molecule has 0 unspecified atom stereocenters. The topological polar surface area (TPSA) is 81.1 Å². The van der Waals surface area contributed by atoms with Crippen molar-refractivity contribution in [3.63, 3.8) is 0 Å². The molecule has 1 heterocycles. The van der Waals surface area contributed by atoms with Crippen LogP contribution in [0, 0.1) is 0 Å². The third-order valence-electron chi connectivity index (χ3n) is 1.35. The Labute approximate surface area is 77.3 Å². The predicted octanol–water partition coefficient (Wildman–Crippen LogP) is 0.0575. The third kappa shape index (κ3) is 2.05. The number of aliphatic carboxylic acids is 1. The fourth-order valence-corrected chi connectivity index (χ4v) is 1.07. The van der Waals surface area contributed by atoms with E-state index in [1.807, 2.05) is 0 Å². The van der Waals surface area contributed by atoms with E-state index in [2.05, 4.69) is 21.0 Å². The monoisotopic (exact) mass is 233 g/mol. The molecule has 0 aliphatic heterocycles. The van der Waals surface area contributed by atoms with Crippen molar-refractivity contribution in [2.24, 2.45) is 5.73 Å². The first kappa shape index (κ1) is 9.21. The van der Waals surface area contributed by atoms with Crippen LogP contribution in [0.5, 0.6) is 0 Å². The number of nitrogens with two attached hydrogens (primary N) is 1. The Kier molecular flexibility index (Phi) is 2.83. The Morgan fingerprint density at radius 3 is 3.00 bits per heavy atom. The minimum Gasteiger partial charge on any atom is -0.480 e. The van der Waals surface area contributed by atoms with Gasteiger partial charge in [-0.1, -0.05) is 0 Å². The average molecular weight is 234 g/mol. The number of rotatable bonds is 3. The van der Waals surface area contributed by atoms with Crippen LogP contribution in [0.3, 0.4) is 0 Å². The van der Waals surface area contributed by atoms with E-state index in [0.29, 0.717) is 0 Å². The van der Waals surface area contributed by atoms with Crippen molar-refractivity contribution < 1.29 is 9.90 Å². The van der Waals surface area contributed by atoms with Gasteiger partial charge in [0.05, 0.1) is 12.7 Å². The minimum absolute atomic E-state index is 0.170. The maximum atomic E-state index is 10.4. The fraction of sp³-hybridized carbons (Fsp3) is 0.333. The van der Waals surface area contributed by atoms with E-state index in [4.69, 9.17) is 10.8 Å². The van der Waals surface area contributed by atoms with Crippen LogP contribution >= 0.6 is 15.9 Å². The number of aromatic nitrogens is 2. The number of carbonyl (C=O) groups is 1. The molecule has 0 fully saturated rings. The molecule has 0 aliphatic rings. The summed E-state index contributed by atoms with van der Waals surface area (Å²) in [5, 5.41) is 12.4. The highest BCUT2D eigenvalue weighted by Crippen LogP contribution is 2.07. The maximum absolute atomic E-state index is 10.4. The number of carboxylic acid groups (broad SMARTS) is 1. The van der Waals surface area contributed by atoms with Gasteiger partial charge in [-0.3, -0.25) is 9.48 Å². The van der Waals surface area contributed by atoms with Crippen LogP contribution in [0.2, 0.25) is 0 Å². The van der Waals surface area contributed by atoms with Crippen LogP contribution < -0.4 is 5.73 Å². The first-order chi connectivity index (χ1) is 5.61. The summed E-state index contributed by atoms with van der Waals surface area (Å²) in [5.41, 5.74) is 5.30. The van der Waals surface area contributed by atoms with Gasteiger partial charge >= 0.3 is 5.97 Å². The smallest absolute Gasteiger partial charge is 0.322 e. The Bertz CT molecular complexity index is 286. The van der Waals surface area contributed by atoms with E-state index in [-0.39, 0.29) is 6.54 Å². The van der Waals surface area contributed by atoms with Crippen molar-refractivity contribution in [2.45, 2.75) is 12.6 Å². The summed E-state index contributed by atoms with van der Waals surface area (Å²) in [6, 6.07) is 0.801. The summed E-state index contributed by atoms with van der Waals surface area (Å²) in [6.45, 7) is 0.170. The minimum atomic E-state index is -1.03. The molecule has 0 aliphatic carbocycles. The zero-order valence-corrected chi connectivity index (χ0v) is 7.73. The Hall–Kier alpha value is -0.880. The lowest BCUT2D eigenvalue weighted by atomic mass is 10.3. The second-order valence-electron chi connectivity index (χ2n) is 2.28. The van der Waals surface area contributed by atoms with E-state index in [9.17, 15) is 4.79 Å². The fourth-order valence-electron chi connectivity index (χ4n) is 0.715. The Balaban J connectivity index is 2.64. The Morgan fingerprint density at radius 1 is 1.92 bits per heavy atom. The van der Waals surface area contributed by atoms with Crippen molar-refractivity contribution in [2.75, 3.05) is 0 Å². The highest BCUT2D eigenvalue weighted by atomic mass is 79.9. The van der Waals surface area contributed by atoms with Crippen LogP contribution in [-0.2, 0) is 11.3 Å². The third-order valence-corrected chi connectivity index (χ3v) is 2.03. The van der Waals surface area contributed by atoms with Crippen molar-refractivity contribution in [1.82, 2.24) is 9.78 Å². The van der Waals surface area contributed by atoms with E-state index in [1.54, 1.807) is 12.3 Å². The average Bonchev–Trinajstić information content (AvgIpc) is 2.36. The summed E-state index contributed by atoms with van der Waals surface area (Å²) in [6.07, 6.45) is 1.57. The van der Waals surface area contributed by atoms with Crippen molar-refractivity contribution in [1.29, 1.82) is 0 Å². The van der Waals surface area contributed by atoms with Crippen LogP contribution in [0.15, 0.2) is 16.9 Å². The summed E-state index contributed by atoms with van der Waals surface area (Å²) in [7, 11) is 0. The summed E-state index contributed by atoms with van der Waals surface area (Å²) < 4.78 is 2.21. The SMILES string of the molecule is N[C@@H](Cn1nccc1Br)C(=O)O. The van der Waals surface area contributed by atoms with Crippen LogP contribution in [0.4, 0.5) is 0 Å². The quantitative estimate of drug-likeness (QED) is 0.774. The van der Waals surface area contributed by atoms with Gasteiger partial charge in [-0.15, -0.1) is 0 Å². The van der Waals surface area contributed by atoms with Gasteiger partial charge < -0.3 is 10.8 Å². The van der Waals surface area contributed by atoms with Crippen molar-refractivity contribution in [3.05, 3.63) is 16.9 Å². The molecule has 0 spiro atoms. The highest BCUT2D eigenvalue weighted by Gasteiger charge is 2.13. The van der Waals surface area contributed by atoms with Gasteiger partial charge in [0.1, 0.15) is 10.6 Å². The van der Waals surface area contributed by atoms with Gasteiger partial charge in [0.15, 0.2) is 0 Å². The highest BCUT2D eigenvalue weighted by molar-refractivity contribution is 9.10. The lowest BCUT2D eigenvalue weighted by Crippen LogP contribution is -2.35. The van der Waals surface area contributed by atoms with Gasteiger partial charge in [-0.2, -0.15) is 5.10 Å². The number of halogens is 1. The number of hydrogen-bond acceptors (Lipinski definition) is 3. The zero-order chi connectivity index (χ0) is 9.14. The molecule has 0 aromatic carbocycles. The van der Waals surface area contributed by atoms with E-state index < -0.39 is 12.0 Å². The molecule has 1 aromatic rings. The molecule has 6 heteroatoms. The largest absolute Gasteiger partial charge is 0.480 e. The van der Waals surface area contributed by atoms with E-state index >= 15 is 0 Å². The molecule has 0 bridgehead atoms. The number of hydrogen-bond donors (Lipinski definition) is 2. The lowest BCUT2D eigenvalue weighted by molar-refractivity contribution is -0.138. The molecule has 1 rings (SSSR count). The molecule has 1 atom stereocenters. The summed E-state index contributed by atoms with van der Waals surface area (Å²) >= 11 is 3.20. The van der Waals surface area contributed by atoms with Gasteiger partial charge in [0.25, 0.3) is 0 Å². The van der Waals surface area contributed by atoms with Gasteiger partial charge in [-0.05, 0) is 22.0 Å². The molecule has 5 nitrogen and oxygen atoms in total. The predicted molar refractivity (Wildman–Crippen MR) is 45.5 cm³/mol. The molecule has 12 heavy (non-hydrogen) atoms. The molecule has 0 saturated carbocycles. The maximum Gasteiger partial charge on any atom is 0.322 e. The van der Waals surface area contributed by atoms with Gasteiger partial charge in [-0.25, -0.2) is 0 Å². The second-order valence-corrected chi connectivity index (χ2v) is 3.09. The first-order valence-corrected chi connectivity index (χ1v) is 4.06. The molecular formula is C6H8BrN3O2. The molecule has 0 saturated heterocycles. The zero-order valence-electron chi connectivity index (χ0n) is 6.14. The van der Waals surface area contributed by atoms with Gasteiger partial charge in [0.2, 0.25) is 0 Å². The van der Waals surface area contributed by atoms with E-state index in [1.165, 1.54) is 4.68 Å². The second kappa shape index (κ2) is 3.68. The lowest BCUT2D eigenvalue weighted by Gasteiger charge is -2.06. The normalized spacial score (nSPS) is 12.8. The molecule has 3 N–H and O–H groups in total. The van der Waals surface area contributed by atoms with Crippen molar-refractivity contribution in [3.8, 4) is 0 Å². The molecule has 66 valence electrons. The van der Waals surface area contributed by atoms with Crippen molar-refractivity contribution >= 4 is 21.9 Å². The summed E-state index contributed by atoms with van der Waals surface area (Å²) in [4.78, 5) is 10.4. The molecule has 0 amide bonds. The van der Waals surface area contributed by atoms with Gasteiger partial charge in [0, 0.05) is 0 Å². The van der Waals surface area contributed by atoms with Crippen LogP contribution in [0.1, 0.15) is 0 Å². The van der Waals surface area contributed by atoms with E-state index in [0.717, 1.165) is 4.60 Å². The molecule has 1 aromatic heterocycles. The Morgan fingerprint density at radius 2 is 2.58 bits per heavy atom. The summed E-state index contributed by atoms with van der Waals surface area (Å²) in [5.74, 6) is -1.03. The standard InChI is InChI=1S/C6H8BrN3O2/c7-5-1-2-9-10(5)3-4(8)6(11)12/h1-2,4H,3,8H2,(H,11,12)/t4-/m0/s1. The molecular weight excluding hydrogens is 226 g/mol. The first-order valence-electron chi connectivity index (χ1n) is 3.27.